The van der Waals surface area contributed by atoms with Crippen LogP contribution in [0.15, 0.2) is 91.3 Å². The summed E-state index contributed by atoms with van der Waals surface area (Å²) in [6.07, 6.45) is 1.96. The molecule has 8 bridgehead atoms. The van der Waals surface area contributed by atoms with Gasteiger partial charge in [-0.15, -0.1) is 11.3 Å². The van der Waals surface area contributed by atoms with E-state index >= 15 is 0 Å². The molecule has 2 nitrogen and oxygen atoms in total. The first-order valence-corrected chi connectivity index (χ1v) is 12.0. The summed E-state index contributed by atoms with van der Waals surface area (Å²) < 4.78 is 4.71. The van der Waals surface area contributed by atoms with Crippen LogP contribution in [0.5, 0.6) is 0 Å². The van der Waals surface area contributed by atoms with Gasteiger partial charge in [0.25, 0.3) is 6.33 Å². The van der Waals surface area contributed by atoms with E-state index in [1.165, 1.54) is 65.0 Å². The Balaban J connectivity index is 1.72. The van der Waals surface area contributed by atoms with Gasteiger partial charge < -0.3 is 0 Å². The van der Waals surface area contributed by atoms with Crippen molar-refractivity contribution in [3.05, 3.63) is 96.8 Å². The summed E-state index contributed by atoms with van der Waals surface area (Å²) in [7, 11) is 2.10. The second-order valence-corrected chi connectivity index (χ2v) is 9.88. The second kappa shape index (κ2) is 6.84. The molecular weight excluding hydrogens is 420 g/mol. The van der Waals surface area contributed by atoms with E-state index in [1.54, 1.807) is 0 Å². The van der Waals surface area contributed by atoms with Crippen LogP contribution in [0.1, 0.15) is 5.56 Å². The van der Waals surface area contributed by atoms with E-state index in [4.69, 9.17) is 4.98 Å². The van der Waals surface area contributed by atoms with Gasteiger partial charge in [-0.2, -0.15) is 0 Å². The summed E-state index contributed by atoms with van der Waals surface area (Å²) >= 11 is 1.86. The molecular formula is C30H21N2S+. The SMILES string of the molecule is Cc1ccc2cc1-c1c3sc4c(cccc4c3nc[n+]1C)-c1cccc(c1)-c1cccc-2c1. The molecule has 0 saturated heterocycles. The van der Waals surface area contributed by atoms with Crippen LogP contribution in [0.3, 0.4) is 0 Å². The molecule has 0 fully saturated rings. The molecule has 1 aliphatic rings. The van der Waals surface area contributed by atoms with Crippen LogP contribution in [-0.2, 0) is 7.05 Å². The third kappa shape index (κ3) is 2.73. The number of nitrogens with zero attached hydrogens (tertiary/aromatic N) is 2. The van der Waals surface area contributed by atoms with Crippen LogP contribution in [-0.4, -0.2) is 4.98 Å². The third-order valence-electron chi connectivity index (χ3n) is 6.81. The Bertz CT molecular complexity index is 1740. The molecule has 7 rings (SSSR count). The van der Waals surface area contributed by atoms with Crippen LogP contribution in [0.25, 0.3) is 64.9 Å². The molecule has 0 N–H and O–H groups in total. The Kier molecular flexibility index (Phi) is 3.88. The van der Waals surface area contributed by atoms with Crippen molar-refractivity contribution in [1.29, 1.82) is 0 Å². The predicted octanol–water partition coefficient (Wildman–Crippen LogP) is 7.56. The smallest absolute Gasteiger partial charge is 0.231 e. The Hall–Kier alpha value is -3.82. The van der Waals surface area contributed by atoms with Crippen LogP contribution in [0, 0.1) is 6.92 Å². The lowest BCUT2D eigenvalue weighted by atomic mass is 9.94. The highest BCUT2D eigenvalue weighted by molar-refractivity contribution is 7.26. The summed E-state index contributed by atoms with van der Waals surface area (Å²) in [5.41, 5.74) is 12.3. The van der Waals surface area contributed by atoms with Gasteiger partial charge in [-0.3, -0.25) is 0 Å². The van der Waals surface area contributed by atoms with Gasteiger partial charge in [0.05, 0.1) is 7.05 Å². The number of hydrogen-bond acceptors (Lipinski definition) is 2. The van der Waals surface area contributed by atoms with E-state index in [9.17, 15) is 0 Å². The molecule has 0 amide bonds. The maximum absolute atomic E-state index is 4.89. The molecule has 0 spiro atoms. The lowest BCUT2D eigenvalue weighted by molar-refractivity contribution is -0.662. The molecule has 4 aromatic carbocycles. The van der Waals surface area contributed by atoms with Gasteiger partial charge in [-0.05, 0) is 75.1 Å². The standard InChI is InChI=1S/C30H21N2S/c1-18-12-13-22-16-26(18)28-30-27(31-17-32(28)2)25-11-5-10-24(29(25)33-30)23-9-4-8-21(15-23)19-6-3-7-20(22)14-19/h3-17H,1-2H3/q+1. The number of aryl methyl sites for hydroxylation is 2. The van der Waals surface area contributed by atoms with Crippen LogP contribution >= 0.6 is 11.3 Å². The van der Waals surface area contributed by atoms with Crippen molar-refractivity contribution in [1.82, 2.24) is 4.98 Å². The number of rotatable bonds is 0. The quantitative estimate of drug-likeness (QED) is 0.222. The van der Waals surface area contributed by atoms with E-state index < -0.39 is 0 Å². The Morgan fingerprint density at radius 3 is 2.12 bits per heavy atom. The monoisotopic (exact) mass is 441 g/mol. The van der Waals surface area contributed by atoms with Gasteiger partial charge in [0.2, 0.25) is 5.52 Å². The highest BCUT2D eigenvalue weighted by Gasteiger charge is 2.23. The van der Waals surface area contributed by atoms with Gasteiger partial charge in [0.15, 0.2) is 5.69 Å². The van der Waals surface area contributed by atoms with Crippen molar-refractivity contribution < 1.29 is 4.57 Å². The van der Waals surface area contributed by atoms with Crippen molar-refractivity contribution in [3.8, 4) is 44.6 Å². The molecule has 0 saturated carbocycles. The maximum atomic E-state index is 4.89. The van der Waals surface area contributed by atoms with Crippen LogP contribution < -0.4 is 4.57 Å². The first-order valence-electron chi connectivity index (χ1n) is 11.2. The number of hydrogen-bond donors (Lipinski definition) is 0. The van der Waals surface area contributed by atoms with Gasteiger partial charge in [-0.1, -0.05) is 60.7 Å². The minimum atomic E-state index is 1.08. The fourth-order valence-corrected chi connectivity index (χ4v) is 6.48. The van der Waals surface area contributed by atoms with E-state index in [-0.39, 0.29) is 0 Å². The molecule has 33 heavy (non-hydrogen) atoms. The van der Waals surface area contributed by atoms with Crippen molar-refractivity contribution in [2.45, 2.75) is 6.92 Å². The number of fused-ring (bicyclic) bond motifs is 11. The van der Waals surface area contributed by atoms with Crippen molar-refractivity contribution in [3.63, 3.8) is 0 Å². The van der Waals surface area contributed by atoms with Gasteiger partial charge in [0, 0.05) is 15.6 Å². The molecule has 0 atom stereocenters. The molecule has 1 aliphatic heterocycles. The normalized spacial score (nSPS) is 11.9. The molecule has 2 aromatic heterocycles. The average Bonchev–Trinajstić information content (AvgIpc) is 3.23. The molecule has 0 unspecified atom stereocenters. The van der Waals surface area contributed by atoms with Crippen molar-refractivity contribution in [2.75, 3.05) is 0 Å². The Morgan fingerprint density at radius 2 is 1.33 bits per heavy atom. The molecule has 0 aliphatic carbocycles. The van der Waals surface area contributed by atoms with Gasteiger partial charge in [-0.25, -0.2) is 4.57 Å². The fraction of sp³-hybridized carbons (Fsp3) is 0.0667. The first-order chi connectivity index (χ1) is 16.2. The lowest BCUT2D eigenvalue weighted by Gasteiger charge is -2.12. The Labute approximate surface area is 196 Å². The predicted molar refractivity (Wildman–Crippen MR) is 138 cm³/mol. The van der Waals surface area contributed by atoms with E-state index in [1.807, 2.05) is 17.7 Å². The summed E-state index contributed by atoms with van der Waals surface area (Å²) in [5, 5.41) is 1.23. The zero-order valence-electron chi connectivity index (χ0n) is 18.5. The van der Waals surface area contributed by atoms with Crippen LogP contribution in [0.4, 0.5) is 0 Å². The zero-order valence-corrected chi connectivity index (χ0v) is 19.3. The van der Waals surface area contributed by atoms with E-state index in [2.05, 4.69) is 103 Å². The van der Waals surface area contributed by atoms with Crippen molar-refractivity contribution >= 4 is 31.6 Å². The van der Waals surface area contributed by atoms with E-state index in [0.717, 1.165) is 5.52 Å². The molecule has 6 aromatic rings. The average molecular weight is 442 g/mol. The largest absolute Gasteiger partial charge is 0.287 e. The zero-order chi connectivity index (χ0) is 22.1. The highest BCUT2D eigenvalue weighted by atomic mass is 32.1. The Morgan fingerprint density at radius 1 is 0.667 bits per heavy atom. The van der Waals surface area contributed by atoms with Crippen molar-refractivity contribution in [2.24, 2.45) is 7.05 Å². The maximum Gasteiger partial charge on any atom is 0.287 e. The minimum absolute atomic E-state index is 1.08. The molecule has 156 valence electrons. The topological polar surface area (TPSA) is 16.8 Å². The van der Waals surface area contributed by atoms with Crippen LogP contribution in [0.2, 0.25) is 0 Å². The van der Waals surface area contributed by atoms with Gasteiger partial charge in [0.1, 0.15) is 4.70 Å². The van der Waals surface area contributed by atoms with E-state index in [0.29, 0.717) is 0 Å². The minimum Gasteiger partial charge on any atom is -0.231 e. The number of benzene rings is 4. The summed E-state index contributed by atoms with van der Waals surface area (Å²) in [4.78, 5) is 4.89. The summed E-state index contributed by atoms with van der Waals surface area (Å²) in [5.74, 6) is 0. The first kappa shape index (κ1) is 18.7. The summed E-state index contributed by atoms with van der Waals surface area (Å²) in [6, 6.07) is 31.2. The fourth-order valence-electron chi connectivity index (χ4n) is 5.10. The third-order valence-corrected chi connectivity index (χ3v) is 8.05. The molecule has 0 radical (unpaired) electrons. The second-order valence-electron chi connectivity index (χ2n) is 8.86. The molecule has 3 heteroatoms. The van der Waals surface area contributed by atoms with Gasteiger partial charge >= 0.3 is 0 Å². The molecule has 3 heterocycles. The number of aromatic nitrogens is 2. The lowest BCUT2D eigenvalue weighted by Crippen LogP contribution is -2.31. The summed E-state index contributed by atoms with van der Waals surface area (Å²) in [6.45, 7) is 2.20. The number of thiophene rings is 1. The highest BCUT2D eigenvalue weighted by Crippen LogP contribution is 2.43.